The molecule has 1 aromatic heterocycles. The van der Waals surface area contributed by atoms with Crippen LogP contribution < -0.4 is 5.32 Å². The van der Waals surface area contributed by atoms with E-state index >= 15 is 0 Å². The Morgan fingerprint density at radius 2 is 2.11 bits per heavy atom. The van der Waals surface area contributed by atoms with Crippen molar-refractivity contribution in [2.45, 2.75) is 32.9 Å². The summed E-state index contributed by atoms with van der Waals surface area (Å²) in [7, 11) is 0. The molecule has 19 heavy (non-hydrogen) atoms. The molecule has 0 fully saturated rings. The lowest BCUT2D eigenvalue weighted by Crippen LogP contribution is -2.27. The quantitative estimate of drug-likeness (QED) is 0.876. The van der Waals surface area contributed by atoms with Crippen LogP contribution in [0.15, 0.2) is 30.3 Å². The van der Waals surface area contributed by atoms with E-state index in [1.165, 1.54) is 28.0 Å². The first-order valence-corrected chi connectivity index (χ1v) is 7.12. The second kappa shape index (κ2) is 6.17. The van der Waals surface area contributed by atoms with Crippen molar-refractivity contribution < 1.29 is 9.50 Å². The fraction of sp³-hybridized carbons (Fsp3) is 0.333. The van der Waals surface area contributed by atoms with Crippen LogP contribution in [-0.2, 0) is 13.0 Å². The molecule has 0 spiro atoms. The van der Waals surface area contributed by atoms with Crippen LogP contribution in [0.3, 0.4) is 0 Å². The van der Waals surface area contributed by atoms with E-state index in [2.05, 4.69) is 31.3 Å². The number of thiophene rings is 1. The summed E-state index contributed by atoms with van der Waals surface area (Å²) in [6, 6.07) is 8.55. The average molecular weight is 279 g/mol. The molecule has 0 radical (unpaired) electrons. The summed E-state index contributed by atoms with van der Waals surface area (Å²) < 4.78 is 13.1. The summed E-state index contributed by atoms with van der Waals surface area (Å²) in [5, 5.41) is 12.9. The Morgan fingerprint density at radius 1 is 1.32 bits per heavy atom. The highest BCUT2D eigenvalue weighted by Crippen LogP contribution is 2.19. The number of rotatable bonds is 5. The number of hydrogen-bond acceptors (Lipinski definition) is 3. The second-order valence-electron chi connectivity index (χ2n) is 4.77. The molecular formula is C15H18FNOS. The molecule has 2 nitrogen and oxygen atoms in total. The van der Waals surface area contributed by atoms with Gasteiger partial charge in [0.1, 0.15) is 11.6 Å². The van der Waals surface area contributed by atoms with Gasteiger partial charge >= 0.3 is 0 Å². The third-order valence-corrected chi connectivity index (χ3v) is 4.01. The van der Waals surface area contributed by atoms with E-state index < -0.39 is 0 Å². The molecule has 1 atom stereocenters. The first-order valence-electron chi connectivity index (χ1n) is 6.30. The number of phenols is 1. The van der Waals surface area contributed by atoms with E-state index in [0.29, 0.717) is 12.1 Å². The number of nitrogens with one attached hydrogen (secondary N) is 1. The molecule has 2 rings (SSSR count). The monoisotopic (exact) mass is 279 g/mol. The Kier molecular flexibility index (Phi) is 4.56. The number of phenolic OH excluding ortho intramolecular Hbond substituents is 1. The first kappa shape index (κ1) is 14.0. The Balaban J connectivity index is 1.89. The minimum absolute atomic E-state index is 0.132. The van der Waals surface area contributed by atoms with Crippen molar-refractivity contribution in [3.05, 3.63) is 51.5 Å². The summed E-state index contributed by atoms with van der Waals surface area (Å²) in [6.45, 7) is 4.65. The molecule has 1 unspecified atom stereocenters. The molecule has 1 aromatic carbocycles. The number of benzene rings is 1. The molecule has 4 heteroatoms. The fourth-order valence-electron chi connectivity index (χ4n) is 1.95. The zero-order valence-corrected chi connectivity index (χ0v) is 11.9. The minimum atomic E-state index is -0.323. The first-order chi connectivity index (χ1) is 9.04. The minimum Gasteiger partial charge on any atom is -0.508 e. The van der Waals surface area contributed by atoms with Gasteiger partial charge in [-0.15, -0.1) is 11.3 Å². The molecule has 0 aliphatic heterocycles. The molecule has 0 aliphatic rings. The average Bonchev–Trinajstić information content (AvgIpc) is 2.76. The van der Waals surface area contributed by atoms with Gasteiger partial charge in [-0.1, -0.05) is 0 Å². The Bertz CT molecular complexity index is 553. The summed E-state index contributed by atoms with van der Waals surface area (Å²) in [5.74, 6) is -0.191. The number of halogens is 1. The molecule has 0 saturated heterocycles. The largest absolute Gasteiger partial charge is 0.508 e. The summed E-state index contributed by atoms with van der Waals surface area (Å²) in [4.78, 5) is 2.64. The molecular weight excluding hydrogens is 261 g/mol. The van der Waals surface area contributed by atoms with Crippen LogP contribution in [-0.4, -0.2) is 11.1 Å². The molecule has 0 saturated carbocycles. The Hall–Kier alpha value is -1.39. The summed E-state index contributed by atoms with van der Waals surface area (Å²) in [5.41, 5.74) is 0.592. The van der Waals surface area contributed by atoms with Gasteiger partial charge in [0.25, 0.3) is 0 Å². The van der Waals surface area contributed by atoms with Gasteiger partial charge in [0, 0.05) is 27.9 Å². The van der Waals surface area contributed by atoms with Crippen molar-refractivity contribution in [2.75, 3.05) is 0 Å². The molecule has 2 aromatic rings. The third-order valence-electron chi connectivity index (χ3n) is 2.99. The van der Waals surface area contributed by atoms with Gasteiger partial charge in [-0.25, -0.2) is 4.39 Å². The number of aromatic hydroxyl groups is 1. The molecule has 0 amide bonds. The van der Waals surface area contributed by atoms with E-state index in [1.54, 1.807) is 11.3 Å². The van der Waals surface area contributed by atoms with Crippen LogP contribution in [0.2, 0.25) is 0 Å². The molecule has 0 bridgehead atoms. The Labute approximate surface area is 116 Å². The van der Waals surface area contributed by atoms with Gasteiger partial charge < -0.3 is 10.4 Å². The predicted molar refractivity (Wildman–Crippen MR) is 77.1 cm³/mol. The van der Waals surface area contributed by atoms with Crippen molar-refractivity contribution in [1.82, 2.24) is 5.32 Å². The zero-order chi connectivity index (χ0) is 13.8. The van der Waals surface area contributed by atoms with E-state index in [4.69, 9.17) is 0 Å². The highest BCUT2D eigenvalue weighted by Gasteiger charge is 2.07. The lowest BCUT2D eigenvalue weighted by molar-refractivity contribution is 0.456. The van der Waals surface area contributed by atoms with Crippen LogP contribution in [0, 0.1) is 12.7 Å². The second-order valence-corrected chi connectivity index (χ2v) is 6.14. The van der Waals surface area contributed by atoms with Gasteiger partial charge in [0.05, 0.1) is 0 Å². The number of hydrogen-bond donors (Lipinski definition) is 2. The maximum absolute atomic E-state index is 13.1. The van der Waals surface area contributed by atoms with Crippen molar-refractivity contribution in [1.29, 1.82) is 0 Å². The normalized spacial score (nSPS) is 12.6. The molecule has 1 heterocycles. The SMILES string of the molecule is Cc1ccc(CC(C)NCc2cc(F)ccc2O)s1. The number of aryl methyl sites for hydroxylation is 1. The lowest BCUT2D eigenvalue weighted by atomic mass is 10.1. The highest BCUT2D eigenvalue weighted by molar-refractivity contribution is 7.11. The van der Waals surface area contributed by atoms with Crippen molar-refractivity contribution >= 4 is 11.3 Å². The predicted octanol–water partition coefficient (Wildman–Crippen LogP) is 3.62. The summed E-state index contributed by atoms with van der Waals surface area (Å²) in [6.07, 6.45) is 0.939. The third kappa shape index (κ3) is 4.04. The topological polar surface area (TPSA) is 32.3 Å². The lowest BCUT2D eigenvalue weighted by Gasteiger charge is -2.13. The van der Waals surface area contributed by atoms with E-state index in [1.807, 2.05) is 0 Å². The van der Waals surface area contributed by atoms with E-state index in [9.17, 15) is 9.50 Å². The smallest absolute Gasteiger partial charge is 0.123 e. The van der Waals surface area contributed by atoms with Gasteiger partial charge in [-0.3, -0.25) is 0 Å². The van der Waals surface area contributed by atoms with Crippen LogP contribution in [0.25, 0.3) is 0 Å². The summed E-state index contributed by atoms with van der Waals surface area (Å²) >= 11 is 1.79. The van der Waals surface area contributed by atoms with Gasteiger partial charge in [0.2, 0.25) is 0 Å². The molecule has 2 N–H and O–H groups in total. The van der Waals surface area contributed by atoms with Crippen LogP contribution in [0.1, 0.15) is 22.2 Å². The van der Waals surface area contributed by atoms with Gasteiger partial charge in [-0.2, -0.15) is 0 Å². The van der Waals surface area contributed by atoms with Crippen LogP contribution in [0.5, 0.6) is 5.75 Å². The maximum atomic E-state index is 13.1. The maximum Gasteiger partial charge on any atom is 0.123 e. The van der Waals surface area contributed by atoms with Crippen molar-refractivity contribution in [3.63, 3.8) is 0 Å². The molecule has 0 aliphatic carbocycles. The Morgan fingerprint density at radius 3 is 2.79 bits per heavy atom. The van der Waals surface area contributed by atoms with Gasteiger partial charge in [-0.05, 0) is 50.6 Å². The van der Waals surface area contributed by atoms with E-state index in [-0.39, 0.29) is 17.6 Å². The van der Waals surface area contributed by atoms with E-state index in [0.717, 1.165) is 6.42 Å². The highest BCUT2D eigenvalue weighted by atomic mass is 32.1. The molecule has 102 valence electrons. The van der Waals surface area contributed by atoms with Gasteiger partial charge in [0.15, 0.2) is 0 Å². The standard InChI is InChI=1S/C15H18FNOS/c1-10(7-14-5-3-11(2)19-14)17-9-12-8-13(16)4-6-15(12)18/h3-6,8,10,17-18H,7,9H2,1-2H3. The fourth-order valence-corrected chi connectivity index (χ4v) is 2.97. The van der Waals surface area contributed by atoms with Crippen LogP contribution in [0.4, 0.5) is 4.39 Å². The zero-order valence-electron chi connectivity index (χ0n) is 11.1. The van der Waals surface area contributed by atoms with Crippen molar-refractivity contribution in [2.24, 2.45) is 0 Å². The van der Waals surface area contributed by atoms with Crippen LogP contribution >= 0.6 is 11.3 Å². The van der Waals surface area contributed by atoms with Crippen molar-refractivity contribution in [3.8, 4) is 5.75 Å².